The molecule has 0 unspecified atom stereocenters. The fraction of sp³-hybridized carbons (Fsp3) is 0.417. The molecule has 5 nitrogen and oxygen atoms in total. The van der Waals surface area contributed by atoms with Gasteiger partial charge in [-0.15, -0.1) is 0 Å². The van der Waals surface area contributed by atoms with Gasteiger partial charge in [0.2, 0.25) is 0 Å². The highest BCUT2D eigenvalue weighted by molar-refractivity contribution is 5.96. The van der Waals surface area contributed by atoms with E-state index in [0.717, 1.165) is 12.8 Å². The maximum Gasteiger partial charge on any atom is 0.251 e. The third-order valence-corrected chi connectivity index (χ3v) is 2.30. The second kappa shape index (κ2) is 6.75. The Kier molecular flexibility index (Phi) is 5.29. The number of anilines is 2. The Hall–Kier alpha value is -1.75. The minimum Gasteiger partial charge on any atom is -0.399 e. The Morgan fingerprint density at radius 3 is 2.47 bits per heavy atom. The number of nitrogens with one attached hydrogen (secondary N) is 1. The predicted molar refractivity (Wildman–Crippen MR) is 68.7 cm³/mol. The van der Waals surface area contributed by atoms with Gasteiger partial charge in [-0.3, -0.25) is 4.79 Å². The van der Waals surface area contributed by atoms with E-state index in [-0.39, 0.29) is 5.91 Å². The molecule has 1 amide bonds. The Bertz CT molecular complexity index is 360. The first kappa shape index (κ1) is 13.3. The fourth-order valence-corrected chi connectivity index (χ4v) is 1.48. The first-order chi connectivity index (χ1) is 8.13. The summed E-state index contributed by atoms with van der Waals surface area (Å²) in [7, 11) is 1.66. The lowest BCUT2D eigenvalue weighted by molar-refractivity contribution is 0.0951. The van der Waals surface area contributed by atoms with E-state index in [1.165, 1.54) is 0 Å². The van der Waals surface area contributed by atoms with E-state index >= 15 is 0 Å². The van der Waals surface area contributed by atoms with Crippen LogP contribution in [0.4, 0.5) is 11.4 Å². The molecule has 0 aromatic heterocycles. The SMILES string of the molecule is COCCCCNC(=O)c1cc(N)cc(N)c1. The molecule has 5 N–H and O–H groups in total. The van der Waals surface area contributed by atoms with Gasteiger partial charge in [-0.05, 0) is 31.0 Å². The summed E-state index contributed by atoms with van der Waals surface area (Å²) in [5.74, 6) is -0.151. The highest BCUT2D eigenvalue weighted by Gasteiger charge is 2.06. The number of unbranched alkanes of at least 4 members (excludes halogenated alkanes) is 1. The molecule has 1 aromatic carbocycles. The first-order valence-corrected chi connectivity index (χ1v) is 5.56. The molecule has 0 fully saturated rings. The molecule has 0 bridgehead atoms. The van der Waals surface area contributed by atoms with E-state index in [1.807, 2.05) is 0 Å². The second-order valence-electron chi connectivity index (χ2n) is 3.84. The summed E-state index contributed by atoms with van der Waals surface area (Å²) in [4.78, 5) is 11.7. The van der Waals surface area contributed by atoms with Crippen LogP contribution in [0.15, 0.2) is 18.2 Å². The lowest BCUT2D eigenvalue weighted by Crippen LogP contribution is -2.24. The number of hydrogen-bond donors (Lipinski definition) is 3. The van der Waals surface area contributed by atoms with Crippen molar-refractivity contribution < 1.29 is 9.53 Å². The maximum absolute atomic E-state index is 11.7. The van der Waals surface area contributed by atoms with Crippen LogP contribution < -0.4 is 16.8 Å². The fourth-order valence-electron chi connectivity index (χ4n) is 1.48. The minimum absolute atomic E-state index is 0.151. The van der Waals surface area contributed by atoms with Crippen molar-refractivity contribution in [2.45, 2.75) is 12.8 Å². The van der Waals surface area contributed by atoms with Crippen LogP contribution in [0.3, 0.4) is 0 Å². The van der Waals surface area contributed by atoms with E-state index < -0.39 is 0 Å². The molecule has 0 radical (unpaired) electrons. The number of carbonyl (C=O) groups excluding carboxylic acids is 1. The van der Waals surface area contributed by atoms with Crippen molar-refractivity contribution in [2.75, 3.05) is 31.7 Å². The molecule has 0 aliphatic carbocycles. The molecule has 0 aliphatic heterocycles. The third-order valence-electron chi connectivity index (χ3n) is 2.30. The van der Waals surface area contributed by atoms with Crippen LogP contribution in [-0.2, 0) is 4.74 Å². The molecule has 0 saturated heterocycles. The number of methoxy groups -OCH3 is 1. The average Bonchev–Trinajstić information content (AvgIpc) is 2.27. The monoisotopic (exact) mass is 237 g/mol. The number of carbonyl (C=O) groups is 1. The molecule has 0 spiro atoms. The third kappa shape index (κ3) is 4.74. The van der Waals surface area contributed by atoms with Crippen LogP contribution in [0, 0.1) is 0 Å². The summed E-state index contributed by atoms with van der Waals surface area (Å²) in [6.07, 6.45) is 1.81. The number of nitrogens with two attached hydrogens (primary N) is 2. The van der Waals surface area contributed by atoms with Crippen LogP contribution in [0.1, 0.15) is 23.2 Å². The molecule has 5 heteroatoms. The van der Waals surface area contributed by atoms with Crippen molar-refractivity contribution in [2.24, 2.45) is 0 Å². The largest absolute Gasteiger partial charge is 0.399 e. The molecule has 1 rings (SSSR count). The quantitative estimate of drug-likeness (QED) is 0.508. The van der Waals surface area contributed by atoms with Crippen molar-refractivity contribution >= 4 is 17.3 Å². The molecule has 0 atom stereocenters. The van der Waals surface area contributed by atoms with Gasteiger partial charge in [-0.1, -0.05) is 0 Å². The molecule has 0 heterocycles. The van der Waals surface area contributed by atoms with Gasteiger partial charge in [-0.2, -0.15) is 0 Å². The van der Waals surface area contributed by atoms with Crippen LogP contribution in [0.5, 0.6) is 0 Å². The molecule has 94 valence electrons. The summed E-state index contributed by atoms with van der Waals surface area (Å²) < 4.78 is 4.92. The van der Waals surface area contributed by atoms with Gasteiger partial charge < -0.3 is 21.5 Å². The standard InChI is InChI=1S/C12H19N3O2/c1-17-5-3-2-4-15-12(16)9-6-10(13)8-11(14)7-9/h6-8H,2-5,13-14H2,1H3,(H,15,16). The smallest absolute Gasteiger partial charge is 0.251 e. The highest BCUT2D eigenvalue weighted by atomic mass is 16.5. The number of nitrogen functional groups attached to an aromatic ring is 2. The van der Waals surface area contributed by atoms with E-state index in [9.17, 15) is 4.79 Å². The maximum atomic E-state index is 11.7. The summed E-state index contributed by atoms with van der Waals surface area (Å²) in [5, 5.41) is 2.81. The van der Waals surface area contributed by atoms with Crippen LogP contribution >= 0.6 is 0 Å². The topological polar surface area (TPSA) is 90.4 Å². The minimum atomic E-state index is -0.151. The zero-order valence-corrected chi connectivity index (χ0v) is 10.0. The summed E-state index contributed by atoms with van der Waals surface area (Å²) in [6, 6.07) is 4.84. The number of ether oxygens (including phenoxy) is 1. The number of amides is 1. The zero-order valence-electron chi connectivity index (χ0n) is 10.0. The molecule has 0 aliphatic rings. The predicted octanol–water partition coefficient (Wildman–Crippen LogP) is 1.01. The molecule has 0 saturated carbocycles. The Labute approximate surface area is 101 Å². The average molecular weight is 237 g/mol. The summed E-state index contributed by atoms with van der Waals surface area (Å²) in [5.41, 5.74) is 12.7. The van der Waals surface area contributed by atoms with Gasteiger partial charge in [-0.25, -0.2) is 0 Å². The number of hydrogen-bond acceptors (Lipinski definition) is 4. The van der Waals surface area contributed by atoms with E-state index in [1.54, 1.807) is 25.3 Å². The second-order valence-corrected chi connectivity index (χ2v) is 3.84. The van der Waals surface area contributed by atoms with Gasteiger partial charge in [0.05, 0.1) is 0 Å². The molecule has 17 heavy (non-hydrogen) atoms. The van der Waals surface area contributed by atoms with Gasteiger partial charge in [0, 0.05) is 37.2 Å². The van der Waals surface area contributed by atoms with Crippen molar-refractivity contribution in [3.8, 4) is 0 Å². The molecule has 1 aromatic rings. The van der Waals surface area contributed by atoms with Crippen LogP contribution in [0.2, 0.25) is 0 Å². The Morgan fingerprint density at radius 2 is 1.88 bits per heavy atom. The van der Waals surface area contributed by atoms with Gasteiger partial charge in [0.1, 0.15) is 0 Å². The lowest BCUT2D eigenvalue weighted by Gasteiger charge is -2.06. The summed E-state index contributed by atoms with van der Waals surface area (Å²) in [6.45, 7) is 1.33. The normalized spacial score (nSPS) is 10.2. The van der Waals surface area contributed by atoms with Gasteiger partial charge >= 0.3 is 0 Å². The van der Waals surface area contributed by atoms with E-state index in [4.69, 9.17) is 16.2 Å². The van der Waals surface area contributed by atoms with Crippen LogP contribution in [0.25, 0.3) is 0 Å². The lowest BCUT2D eigenvalue weighted by atomic mass is 10.1. The van der Waals surface area contributed by atoms with Crippen molar-refractivity contribution in [1.82, 2.24) is 5.32 Å². The molecular weight excluding hydrogens is 218 g/mol. The Morgan fingerprint density at radius 1 is 1.24 bits per heavy atom. The molecular formula is C12H19N3O2. The van der Waals surface area contributed by atoms with Crippen LogP contribution in [-0.4, -0.2) is 26.2 Å². The van der Waals surface area contributed by atoms with Crippen molar-refractivity contribution in [1.29, 1.82) is 0 Å². The zero-order chi connectivity index (χ0) is 12.7. The van der Waals surface area contributed by atoms with Crippen molar-refractivity contribution in [3.05, 3.63) is 23.8 Å². The highest BCUT2D eigenvalue weighted by Crippen LogP contribution is 2.13. The summed E-state index contributed by atoms with van der Waals surface area (Å²) >= 11 is 0. The van der Waals surface area contributed by atoms with E-state index in [2.05, 4.69) is 5.32 Å². The Balaban J connectivity index is 2.41. The van der Waals surface area contributed by atoms with E-state index in [0.29, 0.717) is 30.1 Å². The number of rotatable bonds is 6. The van der Waals surface area contributed by atoms with Gasteiger partial charge in [0.25, 0.3) is 5.91 Å². The first-order valence-electron chi connectivity index (χ1n) is 5.56. The van der Waals surface area contributed by atoms with Crippen molar-refractivity contribution in [3.63, 3.8) is 0 Å². The number of benzene rings is 1. The van der Waals surface area contributed by atoms with Gasteiger partial charge in [0.15, 0.2) is 0 Å².